The minimum Gasteiger partial charge on any atom is -0.308 e. The van der Waals surface area contributed by atoms with Crippen LogP contribution in [-0.4, -0.2) is 8.97 Å². The van der Waals surface area contributed by atoms with E-state index in [1.54, 1.807) is 0 Å². The molecule has 49 heavy (non-hydrogen) atoms. The van der Waals surface area contributed by atoms with Crippen LogP contribution in [0.1, 0.15) is 18.2 Å². The van der Waals surface area contributed by atoms with E-state index in [-0.39, 0.29) is 0 Å². The molecule has 0 fully saturated rings. The van der Waals surface area contributed by atoms with E-state index >= 15 is 0 Å². The standard InChI is InChI=1S/C45H26N2S2/c1-3-11-33-26(4-2)31-21-25(22-32-27-12-5-8-15-34(27)47(33)44(31)32)46-35-23-39-41(28-13-6-9-16-36(28)49-39)30-19-18-24-20-38-43(45(46)40(24)42(30)35)29-14-7-10-17-37(29)48-38/h3-23H,2H2,1H3/b11-3-. The Labute approximate surface area is 288 Å². The van der Waals surface area contributed by atoms with Crippen molar-refractivity contribution in [1.29, 1.82) is 0 Å². The number of rotatable bonds is 3. The van der Waals surface area contributed by atoms with Crippen LogP contribution in [0.5, 0.6) is 0 Å². The summed E-state index contributed by atoms with van der Waals surface area (Å²) in [4.78, 5) is 0. The number of nitrogens with zero attached hydrogens (tertiary/aromatic N) is 2. The van der Waals surface area contributed by atoms with Crippen molar-refractivity contribution in [2.75, 3.05) is 0 Å². The highest BCUT2D eigenvalue weighted by Crippen LogP contribution is 2.51. The van der Waals surface area contributed by atoms with Crippen molar-refractivity contribution in [2.24, 2.45) is 0 Å². The predicted octanol–water partition coefficient (Wildman–Crippen LogP) is 13.8. The molecule has 12 aromatic rings. The molecule has 5 heterocycles. The second-order valence-corrected chi connectivity index (χ2v) is 15.4. The van der Waals surface area contributed by atoms with E-state index in [9.17, 15) is 0 Å². The van der Waals surface area contributed by atoms with Crippen LogP contribution in [0, 0.1) is 0 Å². The number of thiophene rings is 2. The third kappa shape index (κ3) is 3.09. The van der Waals surface area contributed by atoms with Gasteiger partial charge in [0, 0.05) is 78.5 Å². The van der Waals surface area contributed by atoms with Crippen LogP contribution in [0.3, 0.4) is 0 Å². The summed E-state index contributed by atoms with van der Waals surface area (Å²) >= 11 is 3.80. The number of hydrogen-bond acceptors (Lipinski definition) is 2. The molecule has 0 aliphatic rings. The summed E-state index contributed by atoms with van der Waals surface area (Å²) in [5.74, 6) is 0. The van der Waals surface area contributed by atoms with Crippen molar-refractivity contribution < 1.29 is 0 Å². The van der Waals surface area contributed by atoms with E-state index in [1.807, 2.05) is 28.7 Å². The molecular weight excluding hydrogens is 633 g/mol. The molecule has 7 aromatic carbocycles. The number of para-hydroxylation sites is 1. The Bertz CT molecular complexity index is 3410. The van der Waals surface area contributed by atoms with Crippen molar-refractivity contribution in [2.45, 2.75) is 6.92 Å². The number of fused-ring (bicyclic) bond motifs is 11. The molecule has 4 heteroatoms. The summed E-state index contributed by atoms with van der Waals surface area (Å²) in [6.45, 7) is 6.43. The highest BCUT2D eigenvalue weighted by molar-refractivity contribution is 7.26. The summed E-state index contributed by atoms with van der Waals surface area (Å²) in [5, 5.41) is 14.5. The van der Waals surface area contributed by atoms with Crippen molar-refractivity contribution >= 4 is 135 Å². The maximum atomic E-state index is 4.33. The second-order valence-electron chi connectivity index (χ2n) is 13.2. The van der Waals surface area contributed by atoms with Crippen molar-refractivity contribution in [3.63, 3.8) is 0 Å². The van der Waals surface area contributed by atoms with Gasteiger partial charge < -0.3 is 8.97 Å². The van der Waals surface area contributed by atoms with Gasteiger partial charge >= 0.3 is 0 Å². The van der Waals surface area contributed by atoms with Gasteiger partial charge in [0.2, 0.25) is 0 Å². The lowest BCUT2D eigenvalue weighted by Crippen LogP contribution is -1.95. The lowest BCUT2D eigenvalue weighted by atomic mass is 9.97. The first-order valence-electron chi connectivity index (χ1n) is 16.8. The molecule has 0 bridgehead atoms. The van der Waals surface area contributed by atoms with Crippen LogP contribution in [-0.2, 0) is 0 Å². The highest BCUT2D eigenvalue weighted by atomic mass is 32.1. The zero-order chi connectivity index (χ0) is 32.1. The van der Waals surface area contributed by atoms with E-state index < -0.39 is 0 Å². The van der Waals surface area contributed by atoms with E-state index in [4.69, 9.17) is 0 Å². The molecule has 0 amide bonds. The van der Waals surface area contributed by atoms with Crippen LogP contribution in [0.25, 0.3) is 118 Å². The van der Waals surface area contributed by atoms with Crippen LogP contribution in [0.4, 0.5) is 0 Å². The minimum atomic E-state index is 1.18. The average molecular weight is 659 g/mol. The van der Waals surface area contributed by atoms with Gasteiger partial charge in [-0.25, -0.2) is 0 Å². The van der Waals surface area contributed by atoms with Gasteiger partial charge in [0.1, 0.15) is 0 Å². The lowest BCUT2D eigenvalue weighted by Gasteiger charge is -2.11. The Balaban J connectivity index is 1.37. The molecule has 0 N–H and O–H groups in total. The Morgan fingerprint density at radius 1 is 0.551 bits per heavy atom. The van der Waals surface area contributed by atoms with Gasteiger partial charge in [-0.2, -0.15) is 0 Å². The fourth-order valence-corrected chi connectivity index (χ4v) is 11.4. The zero-order valence-electron chi connectivity index (χ0n) is 26.5. The first-order valence-corrected chi connectivity index (χ1v) is 18.4. The summed E-state index contributed by atoms with van der Waals surface area (Å²) in [6.07, 6.45) is 6.41. The number of benzene rings is 7. The van der Waals surface area contributed by atoms with Crippen LogP contribution in [0.2, 0.25) is 0 Å². The molecule has 0 aliphatic heterocycles. The van der Waals surface area contributed by atoms with Crippen molar-refractivity contribution in [1.82, 2.24) is 8.97 Å². The SMILES string of the molecule is C=Cc1c(/C=C\C)n2c3ccccc3c3cc(-n4c5cc6sc7ccccc7c6c6ccc7cc8sc9ccccc9c8c4c7c65)cc1c32. The Morgan fingerprint density at radius 3 is 2.02 bits per heavy atom. The van der Waals surface area contributed by atoms with Gasteiger partial charge in [-0.3, -0.25) is 0 Å². The van der Waals surface area contributed by atoms with Crippen LogP contribution >= 0.6 is 22.7 Å². The van der Waals surface area contributed by atoms with E-state index in [1.165, 1.54) is 117 Å². The summed E-state index contributed by atoms with van der Waals surface area (Å²) in [7, 11) is 0. The smallest absolute Gasteiger partial charge is 0.0640 e. The summed E-state index contributed by atoms with van der Waals surface area (Å²) in [5.41, 5.74) is 8.61. The zero-order valence-corrected chi connectivity index (χ0v) is 28.2. The van der Waals surface area contributed by atoms with Crippen LogP contribution in [0.15, 0.2) is 122 Å². The minimum absolute atomic E-state index is 1.18. The molecule has 0 unspecified atom stereocenters. The van der Waals surface area contributed by atoms with Gasteiger partial charge in [-0.15, -0.1) is 22.7 Å². The van der Waals surface area contributed by atoms with Gasteiger partial charge in [0.25, 0.3) is 0 Å². The fraction of sp³-hybridized carbons (Fsp3) is 0.0222. The quantitative estimate of drug-likeness (QED) is 0.167. The average Bonchev–Trinajstić information content (AvgIpc) is 3.92. The van der Waals surface area contributed by atoms with E-state index in [2.05, 4.69) is 144 Å². The van der Waals surface area contributed by atoms with Crippen molar-refractivity contribution in [3.8, 4) is 5.69 Å². The maximum Gasteiger partial charge on any atom is 0.0640 e. The van der Waals surface area contributed by atoms with Crippen molar-refractivity contribution in [3.05, 3.63) is 133 Å². The summed E-state index contributed by atoms with van der Waals surface area (Å²) < 4.78 is 10.4. The number of hydrogen-bond donors (Lipinski definition) is 0. The maximum absolute atomic E-state index is 4.33. The van der Waals surface area contributed by atoms with E-state index in [0.29, 0.717) is 0 Å². The third-order valence-electron chi connectivity index (χ3n) is 10.8. The van der Waals surface area contributed by atoms with Gasteiger partial charge in [0.05, 0.1) is 27.8 Å². The Hall–Kier alpha value is -5.68. The molecule has 228 valence electrons. The first-order chi connectivity index (χ1) is 24.2. The second kappa shape index (κ2) is 9.06. The monoisotopic (exact) mass is 658 g/mol. The molecular formula is C45H26N2S2. The van der Waals surface area contributed by atoms with E-state index in [0.717, 1.165) is 0 Å². The molecule has 0 spiro atoms. The third-order valence-corrected chi connectivity index (χ3v) is 13.1. The molecule has 5 aromatic heterocycles. The summed E-state index contributed by atoms with van der Waals surface area (Å²) in [6, 6.07) is 41.2. The molecule has 0 radical (unpaired) electrons. The van der Waals surface area contributed by atoms with Crippen LogP contribution < -0.4 is 0 Å². The van der Waals surface area contributed by atoms with Gasteiger partial charge in [-0.1, -0.05) is 85.5 Å². The molecule has 12 rings (SSSR count). The number of aromatic nitrogens is 2. The predicted molar refractivity (Wildman–Crippen MR) is 217 cm³/mol. The highest BCUT2D eigenvalue weighted by Gasteiger charge is 2.26. The topological polar surface area (TPSA) is 9.34 Å². The van der Waals surface area contributed by atoms with Gasteiger partial charge in [-0.05, 0) is 66.2 Å². The molecule has 0 saturated carbocycles. The molecule has 2 nitrogen and oxygen atoms in total. The lowest BCUT2D eigenvalue weighted by molar-refractivity contribution is 1.20. The molecule has 0 aliphatic carbocycles. The first kappa shape index (κ1) is 26.3. The Kier molecular flexibility index (Phi) is 4.86. The van der Waals surface area contributed by atoms with Gasteiger partial charge in [0.15, 0.2) is 0 Å². The number of allylic oxidation sites excluding steroid dienone is 1. The fourth-order valence-electron chi connectivity index (χ4n) is 9.04. The Morgan fingerprint density at radius 2 is 1.24 bits per heavy atom. The normalized spacial score (nSPS) is 13.0. The molecule has 0 atom stereocenters. The largest absolute Gasteiger partial charge is 0.308 e. The molecule has 0 saturated heterocycles.